The molecule has 0 heterocycles. The van der Waals surface area contributed by atoms with Crippen LogP contribution in [-0.2, 0) is 16.2 Å². The molecule has 0 bridgehead atoms. The van der Waals surface area contributed by atoms with Gasteiger partial charge in [0, 0.05) is 39.5 Å². The second kappa shape index (κ2) is 15.7. The molecule has 4 heteroatoms. The van der Waals surface area contributed by atoms with Gasteiger partial charge in [0.2, 0.25) is 0 Å². The average molecular weight is 885 g/mol. The van der Waals surface area contributed by atoms with E-state index < -0.39 is 16.1 Å². The molecule has 0 saturated carbocycles. The van der Waals surface area contributed by atoms with E-state index in [1.807, 2.05) is 0 Å². The first-order chi connectivity index (χ1) is 30.5. The Hall–Kier alpha value is -5.69. The molecule has 9 rings (SSSR count). The van der Waals surface area contributed by atoms with E-state index in [2.05, 4.69) is 262 Å². The average Bonchev–Trinajstić information content (AvgIpc) is 3.49. The summed E-state index contributed by atoms with van der Waals surface area (Å²) in [4.78, 5) is 4.91. The molecule has 0 fully saturated rings. The van der Waals surface area contributed by atoms with Crippen LogP contribution in [0.1, 0.15) is 77.6 Å². The van der Waals surface area contributed by atoms with Gasteiger partial charge in [-0.05, 0) is 139 Å². The molecule has 8 aromatic carbocycles. The van der Waals surface area contributed by atoms with E-state index >= 15 is 0 Å². The van der Waals surface area contributed by atoms with Gasteiger partial charge < -0.3 is 9.80 Å². The predicted octanol–water partition coefficient (Wildman–Crippen LogP) is 16.9. The fourth-order valence-electron chi connectivity index (χ4n) is 10.1. The van der Waals surface area contributed by atoms with Crippen molar-refractivity contribution < 1.29 is 0 Å². The van der Waals surface area contributed by atoms with Gasteiger partial charge in [0.25, 0.3) is 0 Å². The maximum atomic E-state index is 2.49. The van der Waals surface area contributed by atoms with Gasteiger partial charge in [-0.2, -0.15) is 0 Å². The van der Waals surface area contributed by atoms with Gasteiger partial charge in [-0.25, -0.2) is 0 Å². The summed E-state index contributed by atoms with van der Waals surface area (Å²) in [6.45, 7) is 33.2. The Morgan fingerprint density at radius 2 is 0.769 bits per heavy atom. The van der Waals surface area contributed by atoms with E-state index in [-0.39, 0.29) is 16.2 Å². The van der Waals surface area contributed by atoms with Crippen LogP contribution in [0.5, 0.6) is 0 Å². The Kier molecular flexibility index (Phi) is 10.8. The minimum absolute atomic E-state index is 0.0741. The summed E-state index contributed by atoms with van der Waals surface area (Å²) < 4.78 is 0. The van der Waals surface area contributed by atoms with Gasteiger partial charge >= 0.3 is 0 Å². The fourth-order valence-corrected chi connectivity index (χ4v) is 12.5. The lowest BCUT2D eigenvalue weighted by Gasteiger charge is -2.30. The highest BCUT2D eigenvalue weighted by Crippen LogP contribution is 2.56. The van der Waals surface area contributed by atoms with E-state index in [0.717, 1.165) is 11.4 Å². The Balaban J connectivity index is 1.21. The molecule has 2 nitrogen and oxygen atoms in total. The van der Waals surface area contributed by atoms with Crippen LogP contribution in [0.2, 0.25) is 39.3 Å². The summed E-state index contributed by atoms with van der Waals surface area (Å²) in [6, 6.07) is 60.8. The normalized spacial score (nSPS) is 13.8. The monoisotopic (exact) mass is 884 g/mol. The van der Waals surface area contributed by atoms with Crippen molar-refractivity contribution in [3.63, 3.8) is 0 Å². The van der Waals surface area contributed by atoms with Crippen LogP contribution in [0.25, 0.3) is 32.7 Å². The summed E-state index contributed by atoms with van der Waals surface area (Å²) >= 11 is 0. The van der Waals surface area contributed by atoms with E-state index in [9.17, 15) is 0 Å². The molecule has 1 aliphatic rings. The van der Waals surface area contributed by atoms with Crippen molar-refractivity contribution in [1.82, 2.24) is 0 Å². The van der Waals surface area contributed by atoms with Crippen LogP contribution in [0.15, 0.2) is 158 Å². The van der Waals surface area contributed by atoms with Crippen molar-refractivity contribution in [3.8, 4) is 11.1 Å². The number of benzene rings is 8. The van der Waals surface area contributed by atoms with Crippen molar-refractivity contribution in [2.75, 3.05) is 9.80 Å². The third-order valence-corrected chi connectivity index (χ3v) is 18.2. The second-order valence-corrected chi connectivity index (χ2v) is 33.4. The van der Waals surface area contributed by atoms with Crippen LogP contribution in [0, 0.1) is 0 Å². The Bertz CT molecular complexity index is 2940. The first-order valence-electron chi connectivity index (χ1n) is 23.7. The van der Waals surface area contributed by atoms with Crippen LogP contribution in [0.3, 0.4) is 0 Å². The summed E-state index contributed by atoms with van der Waals surface area (Å²) in [5.74, 6) is 0. The highest BCUT2D eigenvalue weighted by molar-refractivity contribution is 6.89. The molecule has 1 aliphatic carbocycles. The van der Waals surface area contributed by atoms with Gasteiger partial charge in [0.15, 0.2) is 0 Å². The Labute approximate surface area is 392 Å². The van der Waals surface area contributed by atoms with Crippen LogP contribution >= 0.6 is 0 Å². The molecular formula is C61H68N2Si2. The largest absolute Gasteiger partial charge is 0.310 e. The third-order valence-electron chi connectivity index (χ3n) is 14.1. The Morgan fingerprint density at radius 1 is 0.385 bits per heavy atom. The summed E-state index contributed by atoms with van der Waals surface area (Å²) in [5.41, 5.74) is 15.1. The topological polar surface area (TPSA) is 6.48 Å². The molecule has 8 aromatic rings. The highest BCUT2D eigenvalue weighted by Gasteiger charge is 2.39. The molecule has 0 aromatic heterocycles. The number of rotatable bonds is 8. The van der Waals surface area contributed by atoms with Crippen molar-refractivity contribution in [2.24, 2.45) is 0 Å². The molecule has 0 N–H and O–H groups in total. The van der Waals surface area contributed by atoms with Crippen LogP contribution in [0.4, 0.5) is 34.1 Å². The van der Waals surface area contributed by atoms with E-state index in [1.54, 1.807) is 0 Å². The molecule has 0 saturated heterocycles. The maximum absolute atomic E-state index is 2.49. The first-order valence-corrected chi connectivity index (χ1v) is 30.7. The zero-order chi connectivity index (χ0) is 46.4. The van der Waals surface area contributed by atoms with Crippen molar-refractivity contribution in [3.05, 3.63) is 180 Å². The lowest BCUT2D eigenvalue weighted by atomic mass is 9.79. The zero-order valence-corrected chi connectivity index (χ0v) is 43.4. The molecule has 65 heavy (non-hydrogen) atoms. The minimum Gasteiger partial charge on any atom is -0.310 e. The summed E-state index contributed by atoms with van der Waals surface area (Å²) in [5, 5.41) is 8.14. The van der Waals surface area contributed by atoms with Crippen LogP contribution in [-0.4, -0.2) is 16.1 Å². The lowest BCUT2D eigenvalue weighted by Crippen LogP contribution is -2.37. The highest BCUT2D eigenvalue weighted by atomic mass is 28.3. The quantitative estimate of drug-likeness (QED) is 0.111. The number of anilines is 6. The molecule has 0 unspecified atom stereocenters. The molecule has 0 radical (unpaired) electrons. The van der Waals surface area contributed by atoms with Gasteiger partial charge in [-0.1, -0.05) is 190 Å². The van der Waals surface area contributed by atoms with Gasteiger partial charge in [0.1, 0.15) is 0 Å². The number of hydrogen-bond donors (Lipinski definition) is 0. The smallest absolute Gasteiger partial charge is 0.0775 e. The minimum atomic E-state index is -1.48. The maximum Gasteiger partial charge on any atom is 0.0775 e. The van der Waals surface area contributed by atoms with Crippen molar-refractivity contribution in [1.29, 1.82) is 0 Å². The zero-order valence-electron chi connectivity index (χ0n) is 41.4. The standard InChI is InChI=1S/C61H68N2Si2/c1-59(2,3)41-19-23-43(24-20-41)62(45-27-33-49(34-28-45)64(9,10)11)47-31-37-53-55(39-47)51-17-15-16-18-52(51)57-54-38-32-48(40-56(54)61(7,8)58(53)57)63(44-25-21-42(22-26-44)60(4,5)6)46-29-35-50(36-30-46)65(12,13)14/h15-40H,1-14H3. The fraction of sp³-hybridized carbons (Fsp3) is 0.279. The van der Waals surface area contributed by atoms with Gasteiger partial charge in [0.05, 0.1) is 16.1 Å². The molecule has 0 amide bonds. The first kappa shape index (κ1) is 44.5. The van der Waals surface area contributed by atoms with E-state index in [4.69, 9.17) is 0 Å². The van der Waals surface area contributed by atoms with E-state index in [0.29, 0.717) is 0 Å². The molecule has 330 valence electrons. The van der Waals surface area contributed by atoms with Crippen LogP contribution < -0.4 is 20.2 Å². The van der Waals surface area contributed by atoms with Crippen molar-refractivity contribution >= 4 is 82.2 Å². The molecule has 0 atom stereocenters. The third kappa shape index (κ3) is 8.08. The molecule has 0 aliphatic heterocycles. The lowest BCUT2D eigenvalue weighted by molar-refractivity contribution is 0.590. The molecule has 0 spiro atoms. The second-order valence-electron chi connectivity index (χ2n) is 23.2. The van der Waals surface area contributed by atoms with Crippen molar-refractivity contribution in [2.45, 2.75) is 111 Å². The van der Waals surface area contributed by atoms with E-state index in [1.165, 1.54) is 88.0 Å². The number of fused-ring (bicyclic) bond motifs is 8. The summed E-state index contributed by atoms with van der Waals surface area (Å²) in [7, 11) is -2.95. The van der Waals surface area contributed by atoms with Gasteiger partial charge in [-0.15, -0.1) is 0 Å². The number of nitrogens with zero attached hydrogens (tertiary/aromatic N) is 2. The SMILES string of the molecule is CC(C)(C)c1ccc(N(c2ccc([Si](C)(C)C)cc2)c2ccc3c(c2)C(C)(C)c2c-3c3ccccc3c3cc(N(c4ccc(C(C)(C)C)cc4)c4ccc([Si](C)(C)C)cc4)ccc23)cc1. The predicted molar refractivity (Wildman–Crippen MR) is 292 cm³/mol. The molecular weight excluding hydrogens is 817 g/mol. The number of hydrogen-bond acceptors (Lipinski definition) is 2. The Morgan fingerprint density at radius 3 is 1.20 bits per heavy atom. The summed E-state index contributed by atoms with van der Waals surface area (Å²) in [6.07, 6.45) is 0. The van der Waals surface area contributed by atoms with Gasteiger partial charge in [-0.3, -0.25) is 0 Å².